The molecule has 3 rings (SSSR count). The summed E-state index contributed by atoms with van der Waals surface area (Å²) in [5.74, 6) is 0.680. The number of hydrogen-bond donors (Lipinski definition) is 0. The molecule has 9 nitrogen and oxygen atoms in total. The van der Waals surface area contributed by atoms with Gasteiger partial charge in [-0.3, -0.25) is 13.9 Å². The summed E-state index contributed by atoms with van der Waals surface area (Å²) in [7, 11) is -3.21. The third-order valence-electron chi connectivity index (χ3n) is 8.70. The van der Waals surface area contributed by atoms with E-state index in [1.807, 2.05) is 12.1 Å². The average Bonchev–Trinajstić information content (AvgIpc) is 3.16. The number of benzene rings is 1. The number of rotatable bonds is 9. The summed E-state index contributed by atoms with van der Waals surface area (Å²) in [5.41, 5.74) is -0.211. The molecule has 0 aliphatic carbocycles. The molecule has 0 saturated carbocycles. The number of nitrogens with zero attached hydrogens (tertiary/aromatic N) is 2. The van der Waals surface area contributed by atoms with Crippen LogP contribution in [0, 0.1) is 0 Å². The molecule has 11 heteroatoms. The molecular formula is C29H46N2O7Si2. The molecule has 0 amide bonds. The van der Waals surface area contributed by atoms with Crippen LogP contribution in [0.1, 0.15) is 53.3 Å². The Labute approximate surface area is 239 Å². The summed E-state index contributed by atoms with van der Waals surface area (Å²) >= 11 is 0. The Morgan fingerprint density at radius 3 is 1.88 bits per heavy atom. The Morgan fingerprint density at radius 2 is 1.40 bits per heavy atom. The fourth-order valence-electron chi connectivity index (χ4n) is 4.08. The first-order chi connectivity index (χ1) is 18.3. The Morgan fingerprint density at radius 1 is 0.875 bits per heavy atom. The zero-order chi connectivity index (χ0) is 30.3. The van der Waals surface area contributed by atoms with Crippen LogP contribution in [0.25, 0.3) is 0 Å². The lowest BCUT2D eigenvalue weighted by Gasteiger charge is -2.43. The van der Waals surface area contributed by atoms with Crippen LogP contribution < -0.4 is 16.0 Å². The van der Waals surface area contributed by atoms with Gasteiger partial charge in [0, 0.05) is 12.3 Å². The van der Waals surface area contributed by atoms with Crippen LogP contribution in [0.5, 0.6) is 5.75 Å². The van der Waals surface area contributed by atoms with Crippen molar-refractivity contribution in [3.05, 3.63) is 62.9 Å². The lowest BCUT2D eigenvalue weighted by Crippen LogP contribution is -2.54. The Kier molecular flexibility index (Phi) is 9.27. The maximum Gasteiger partial charge on any atom is 0.333 e. The Balaban J connectivity index is 2.11. The molecule has 1 aliphatic heterocycles. The molecule has 0 unspecified atom stereocenters. The van der Waals surface area contributed by atoms with Crippen molar-refractivity contribution < 1.29 is 23.1 Å². The highest BCUT2D eigenvalue weighted by Crippen LogP contribution is 2.45. The molecule has 1 saturated heterocycles. The summed E-state index contributed by atoms with van der Waals surface area (Å²) in [4.78, 5) is 39.0. The summed E-state index contributed by atoms with van der Waals surface area (Å²) in [6, 6.07) is 8.52. The van der Waals surface area contributed by atoms with E-state index in [0.29, 0.717) is 5.75 Å². The van der Waals surface area contributed by atoms with Gasteiger partial charge in [-0.25, -0.2) is 4.79 Å². The second kappa shape index (κ2) is 11.5. The molecule has 222 valence electrons. The van der Waals surface area contributed by atoms with E-state index in [0.717, 1.165) is 16.4 Å². The second-order valence-electron chi connectivity index (χ2n) is 13.6. The third kappa shape index (κ3) is 6.59. The fraction of sp³-hybridized carbons (Fsp3) is 0.621. The molecule has 0 N–H and O–H groups in total. The number of aromatic nitrogens is 2. The average molecular weight is 591 g/mol. The fourth-order valence-corrected chi connectivity index (χ4v) is 6.66. The predicted molar refractivity (Wildman–Crippen MR) is 161 cm³/mol. The highest BCUT2D eigenvalue weighted by atomic mass is 28.4. The van der Waals surface area contributed by atoms with Crippen molar-refractivity contribution in [1.82, 2.24) is 9.13 Å². The van der Waals surface area contributed by atoms with Crippen LogP contribution >= 0.6 is 0 Å². The minimum atomic E-state index is -2.42. The number of ether oxygens (including phenoxy) is 2. The van der Waals surface area contributed by atoms with Crippen LogP contribution in [0.15, 0.2) is 46.1 Å². The molecule has 2 heterocycles. The maximum absolute atomic E-state index is 13.8. The minimum Gasteiger partial charge on any atom is -0.497 e. The number of hydrogen-bond acceptors (Lipinski definition) is 7. The van der Waals surface area contributed by atoms with Gasteiger partial charge in [-0.05, 0) is 54.0 Å². The Hall–Kier alpha value is -2.32. The zero-order valence-corrected chi connectivity index (χ0v) is 27.8. The van der Waals surface area contributed by atoms with Crippen molar-refractivity contribution in [1.29, 1.82) is 0 Å². The molecule has 40 heavy (non-hydrogen) atoms. The topological polar surface area (TPSA) is 98.0 Å². The first-order valence-electron chi connectivity index (χ1n) is 13.7. The van der Waals surface area contributed by atoms with Crippen LogP contribution in [0.2, 0.25) is 36.3 Å². The molecule has 2 aromatic rings. The molecule has 4 atom stereocenters. The van der Waals surface area contributed by atoms with Gasteiger partial charge in [0.15, 0.2) is 29.1 Å². The second-order valence-corrected chi connectivity index (χ2v) is 23.1. The van der Waals surface area contributed by atoms with E-state index in [-0.39, 0.29) is 16.6 Å². The van der Waals surface area contributed by atoms with E-state index in [1.165, 1.54) is 16.8 Å². The Bertz CT molecular complexity index is 1300. The lowest BCUT2D eigenvalue weighted by atomic mass is 10.1. The van der Waals surface area contributed by atoms with E-state index in [2.05, 4.69) is 67.7 Å². The van der Waals surface area contributed by atoms with Gasteiger partial charge in [-0.2, -0.15) is 0 Å². The standard InChI is InChI=1S/C29H46N2O7Si2/c1-28(2,3)39(8,9)37-24-22(19-32)36-26(25(24)38-40(10,11)29(4,5)6)30-17-16-23(33)31(27(30)34)18-20-12-14-21(35-7)15-13-20/h12-17,19,22,24-26H,18H2,1-11H3/t22-,24-,25-,26-/m1/s1. The van der Waals surface area contributed by atoms with E-state index in [9.17, 15) is 14.4 Å². The smallest absolute Gasteiger partial charge is 0.333 e. The number of methoxy groups -OCH3 is 1. The molecular weight excluding hydrogens is 544 g/mol. The van der Waals surface area contributed by atoms with Crippen LogP contribution in [-0.2, 0) is 24.9 Å². The zero-order valence-electron chi connectivity index (χ0n) is 25.8. The largest absolute Gasteiger partial charge is 0.497 e. The van der Waals surface area contributed by atoms with Crippen molar-refractivity contribution in [2.24, 2.45) is 0 Å². The van der Waals surface area contributed by atoms with E-state index < -0.39 is 52.4 Å². The molecule has 0 radical (unpaired) electrons. The van der Waals surface area contributed by atoms with Gasteiger partial charge in [-0.1, -0.05) is 53.7 Å². The molecule has 1 fully saturated rings. The van der Waals surface area contributed by atoms with Crippen molar-refractivity contribution in [3.8, 4) is 5.75 Å². The third-order valence-corrected chi connectivity index (χ3v) is 17.7. The van der Waals surface area contributed by atoms with Gasteiger partial charge in [0.2, 0.25) is 0 Å². The van der Waals surface area contributed by atoms with Crippen molar-refractivity contribution in [2.75, 3.05) is 7.11 Å². The van der Waals surface area contributed by atoms with Crippen LogP contribution in [0.4, 0.5) is 0 Å². The first-order valence-corrected chi connectivity index (χ1v) is 19.6. The lowest BCUT2D eigenvalue weighted by molar-refractivity contribution is -0.122. The predicted octanol–water partition coefficient (Wildman–Crippen LogP) is 4.94. The molecule has 0 spiro atoms. The molecule has 1 aromatic carbocycles. The SMILES string of the molecule is COc1ccc(Cn2c(=O)ccn([C@@H]3O[C@H](C=O)[C@@H](O[Si](C)(C)C(C)(C)C)[C@H]3O[Si](C)(C)C(C)(C)C)c2=O)cc1. The van der Waals surface area contributed by atoms with Gasteiger partial charge in [0.25, 0.3) is 5.56 Å². The highest BCUT2D eigenvalue weighted by molar-refractivity contribution is 6.74. The van der Waals surface area contributed by atoms with Crippen LogP contribution in [0.3, 0.4) is 0 Å². The minimum absolute atomic E-state index is 0.0734. The van der Waals surface area contributed by atoms with Gasteiger partial charge in [0.1, 0.15) is 24.1 Å². The number of aldehydes is 1. The van der Waals surface area contributed by atoms with Crippen LogP contribution in [-0.4, -0.2) is 57.5 Å². The summed E-state index contributed by atoms with van der Waals surface area (Å²) in [6.45, 7) is 21.3. The van der Waals surface area contributed by atoms with Crippen molar-refractivity contribution in [3.63, 3.8) is 0 Å². The molecule has 1 aliphatic rings. The first kappa shape index (κ1) is 32.2. The van der Waals surface area contributed by atoms with Gasteiger partial charge < -0.3 is 23.1 Å². The van der Waals surface area contributed by atoms with Crippen molar-refractivity contribution >= 4 is 22.9 Å². The normalized spacial score (nSPS) is 22.4. The van der Waals surface area contributed by atoms with Gasteiger partial charge in [0.05, 0.1) is 13.7 Å². The maximum atomic E-state index is 13.8. The summed E-state index contributed by atoms with van der Waals surface area (Å²) in [6.07, 6.45) is -1.14. The molecule has 1 aromatic heterocycles. The number of carbonyl (C=O) groups excluding carboxylic acids is 1. The van der Waals surface area contributed by atoms with Crippen molar-refractivity contribution in [2.45, 2.75) is 109 Å². The summed E-state index contributed by atoms with van der Waals surface area (Å²) in [5, 5.41) is -0.265. The molecule has 0 bridgehead atoms. The monoisotopic (exact) mass is 590 g/mol. The van der Waals surface area contributed by atoms with E-state index >= 15 is 0 Å². The van der Waals surface area contributed by atoms with Gasteiger partial charge >= 0.3 is 5.69 Å². The quantitative estimate of drug-likeness (QED) is 0.301. The van der Waals surface area contributed by atoms with E-state index in [1.54, 1.807) is 19.2 Å². The highest BCUT2D eigenvalue weighted by Gasteiger charge is 2.54. The van der Waals surface area contributed by atoms with E-state index in [4.69, 9.17) is 18.3 Å². The number of carbonyl (C=O) groups is 1. The summed E-state index contributed by atoms with van der Waals surface area (Å²) < 4.78 is 27.7. The van der Waals surface area contributed by atoms with Gasteiger partial charge in [-0.15, -0.1) is 0 Å².